The van der Waals surface area contributed by atoms with E-state index in [1.54, 1.807) is 0 Å². The lowest BCUT2D eigenvalue weighted by Gasteiger charge is -2.09. The zero-order valence-corrected chi connectivity index (χ0v) is 12.4. The van der Waals surface area contributed by atoms with Crippen molar-refractivity contribution in [3.05, 3.63) is 58.3 Å². The minimum Gasteiger partial charge on any atom is -0.279 e. The van der Waals surface area contributed by atoms with E-state index in [0.717, 1.165) is 12.1 Å². The van der Waals surface area contributed by atoms with E-state index in [-0.39, 0.29) is 5.69 Å². The summed E-state index contributed by atoms with van der Waals surface area (Å²) < 4.78 is 40.5. The molecule has 1 N–H and O–H groups in total. The highest BCUT2D eigenvalue weighted by molar-refractivity contribution is 9.10. The molecule has 0 heterocycles. The average molecular weight is 355 g/mol. The Bertz CT molecular complexity index is 800. The quantitative estimate of drug-likeness (QED) is 0.919. The SMILES string of the molecule is N#Cc1cccc(NS(=O)(=O)c2ccc(Br)cc2F)c1. The molecule has 2 rings (SSSR count). The molecule has 20 heavy (non-hydrogen) atoms. The van der Waals surface area contributed by atoms with Crippen LogP contribution in [0.1, 0.15) is 5.56 Å². The van der Waals surface area contributed by atoms with Crippen molar-refractivity contribution in [1.82, 2.24) is 0 Å². The molecule has 0 aliphatic rings. The number of nitriles is 1. The Balaban J connectivity index is 2.38. The van der Waals surface area contributed by atoms with Crippen molar-refractivity contribution in [1.29, 1.82) is 5.26 Å². The molecule has 0 atom stereocenters. The maximum absolute atomic E-state index is 13.7. The van der Waals surface area contributed by atoms with Crippen LogP contribution in [0, 0.1) is 17.1 Å². The van der Waals surface area contributed by atoms with Crippen LogP contribution in [0.2, 0.25) is 0 Å². The molecule has 102 valence electrons. The van der Waals surface area contributed by atoms with E-state index < -0.39 is 20.7 Å². The number of nitrogens with one attached hydrogen (secondary N) is 1. The zero-order valence-electron chi connectivity index (χ0n) is 9.97. The number of benzene rings is 2. The van der Waals surface area contributed by atoms with Gasteiger partial charge in [0.2, 0.25) is 0 Å². The molecule has 0 spiro atoms. The molecule has 0 bridgehead atoms. The average Bonchev–Trinajstić information content (AvgIpc) is 2.37. The maximum atomic E-state index is 13.7. The summed E-state index contributed by atoms with van der Waals surface area (Å²) >= 11 is 3.06. The maximum Gasteiger partial charge on any atom is 0.264 e. The first kappa shape index (κ1) is 14.5. The van der Waals surface area contributed by atoms with Crippen molar-refractivity contribution in [2.75, 3.05) is 4.72 Å². The number of hydrogen-bond donors (Lipinski definition) is 1. The van der Waals surface area contributed by atoms with Gasteiger partial charge >= 0.3 is 0 Å². The Morgan fingerprint density at radius 1 is 1.20 bits per heavy atom. The number of hydrogen-bond acceptors (Lipinski definition) is 3. The van der Waals surface area contributed by atoms with Gasteiger partial charge in [-0.05, 0) is 36.4 Å². The normalized spacial score (nSPS) is 10.8. The fourth-order valence-corrected chi connectivity index (χ4v) is 3.00. The van der Waals surface area contributed by atoms with Crippen LogP contribution in [0.4, 0.5) is 10.1 Å². The van der Waals surface area contributed by atoms with Gasteiger partial charge in [0.25, 0.3) is 10.0 Å². The number of anilines is 1. The summed E-state index contributed by atoms with van der Waals surface area (Å²) in [5.41, 5.74) is 0.507. The Hall–Kier alpha value is -1.91. The predicted molar refractivity (Wildman–Crippen MR) is 76.1 cm³/mol. The predicted octanol–water partition coefficient (Wildman–Crippen LogP) is 3.26. The van der Waals surface area contributed by atoms with Crippen molar-refractivity contribution >= 4 is 31.6 Å². The van der Waals surface area contributed by atoms with Gasteiger partial charge in [-0.1, -0.05) is 22.0 Å². The van der Waals surface area contributed by atoms with Gasteiger partial charge in [-0.15, -0.1) is 0 Å². The lowest BCUT2D eigenvalue weighted by molar-refractivity contribution is 0.570. The van der Waals surface area contributed by atoms with Gasteiger partial charge < -0.3 is 0 Å². The van der Waals surface area contributed by atoms with Crippen molar-refractivity contribution in [2.45, 2.75) is 4.90 Å². The number of rotatable bonds is 3. The second-order valence-electron chi connectivity index (χ2n) is 3.87. The van der Waals surface area contributed by atoms with Crippen LogP contribution in [-0.2, 0) is 10.0 Å². The summed E-state index contributed by atoms with van der Waals surface area (Å²) in [6, 6.07) is 11.5. The highest BCUT2D eigenvalue weighted by Gasteiger charge is 2.19. The first-order valence-corrected chi connectivity index (χ1v) is 7.68. The third-order valence-corrected chi connectivity index (χ3v) is 4.34. The van der Waals surface area contributed by atoms with Crippen LogP contribution in [0.5, 0.6) is 0 Å². The lowest BCUT2D eigenvalue weighted by Crippen LogP contribution is -2.14. The summed E-state index contributed by atoms with van der Waals surface area (Å²) in [6.07, 6.45) is 0. The molecule has 2 aromatic carbocycles. The van der Waals surface area contributed by atoms with Gasteiger partial charge in [-0.3, -0.25) is 4.72 Å². The van der Waals surface area contributed by atoms with Crippen LogP contribution in [-0.4, -0.2) is 8.42 Å². The number of sulfonamides is 1. The summed E-state index contributed by atoms with van der Waals surface area (Å²) in [6.45, 7) is 0. The van der Waals surface area contributed by atoms with Crippen LogP contribution < -0.4 is 4.72 Å². The van der Waals surface area contributed by atoms with Gasteiger partial charge in [0.1, 0.15) is 10.7 Å². The van der Waals surface area contributed by atoms with Gasteiger partial charge in [0.15, 0.2) is 0 Å². The lowest BCUT2D eigenvalue weighted by atomic mass is 10.2. The van der Waals surface area contributed by atoms with E-state index in [9.17, 15) is 12.8 Å². The van der Waals surface area contributed by atoms with Crippen LogP contribution in [0.25, 0.3) is 0 Å². The monoisotopic (exact) mass is 354 g/mol. The highest BCUT2D eigenvalue weighted by Crippen LogP contribution is 2.22. The van der Waals surface area contributed by atoms with Crippen molar-refractivity contribution in [3.8, 4) is 6.07 Å². The molecule has 0 aliphatic heterocycles. The molecule has 0 aliphatic carbocycles. The van der Waals surface area contributed by atoms with E-state index in [0.29, 0.717) is 10.0 Å². The third kappa shape index (κ3) is 3.15. The summed E-state index contributed by atoms with van der Waals surface area (Å²) in [5.74, 6) is -0.858. The first-order valence-electron chi connectivity index (χ1n) is 5.40. The van der Waals surface area contributed by atoms with Crippen LogP contribution >= 0.6 is 15.9 Å². The topological polar surface area (TPSA) is 70.0 Å². The fraction of sp³-hybridized carbons (Fsp3) is 0. The van der Waals surface area contributed by atoms with Crippen LogP contribution in [0.15, 0.2) is 51.8 Å². The molecule has 7 heteroatoms. The Kier molecular flexibility index (Phi) is 4.06. The molecule has 4 nitrogen and oxygen atoms in total. The molecule has 0 radical (unpaired) electrons. The smallest absolute Gasteiger partial charge is 0.264 e. The second-order valence-corrected chi connectivity index (χ2v) is 6.44. The molecule has 0 saturated carbocycles. The van der Waals surface area contributed by atoms with E-state index in [4.69, 9.17) is 5.26 Å². The highest BCUT2D eigenvalue weighted by atomic mass is 79.9. The summed E-state index contributed by atoms with van der Waals surface area (Å²) in [4.78, 5) is -0.455. The van der Waals surface area contributed by atoms with E-state index in [1.807, 2.05) is 6.07 Å². The third-order valence-electron chi connectivity index (χ3n) is 2.43. The Morgan fingerprint density at radius 2 is 1.95 bits per heavy atom. The molecule has 0 saturated heterocycles. The standard InChI is InChI=1S/C13H8BrFN2O2S/c14-10-4-5-13(12(15)7-10)20(18,19)17-11-3-1-2-9(6-11)8-16/h1-7,17H. The van der Waals surface area contributed by atoms with E-state index >= 15 is 0 Å². The van der Waals surface area contributed by atoms with Crippen LogP contribution in [0.3, 0.4) is 0 Å². The van der Waals surface area contributed by atoms with E-state index in [2.05, 4.69) is 20.7 Å². The van der Waals surface area contributed by atoms with Crippen molar-refractivity contribution in [3.63, 3.8) is 0 Å². The first-order chi connectivity index (χ1) is 9.42. The molecule has 0 amide bonds. The number of halogens is 2. The Labute approximate surface area is 124 Å². The van der Waals surface area contributed by atoms with E-state index in [1.165, 1.54) is 30.3 Å². The zero-order chi connectivity index (χ0) is 14.8. The second kappa shape index (κ2) is 5.61. The molecular formula is C13H8BrFN2O2S. The molecular weight excluding hydrogens is 347 g/mol. The summed E-state index contributed by atoms with van der Waals surface area (Å²) in [7, 11) is -4.04. The molecule has 0 aromatic heterocycles. The van der Waals surface area contributed by atoms with Gasteiger partial charge in [-0.2, -0.15) is 5.26 Å². The van der Waals surface area contributed by atoms with Gasteiger partial charge in [0, 0.05) is 4.47 Å². The molecule has 2 aromatic rings. The molecule has 0 fully saturated rings. The largest absolute Gasteiger partial charge is 0.279 e. The fourth-order valence-electron chi connectivity index (χ4n) is 1.56. The summed E-state index contributed by atoms with van der Waals surface area (Å²) in [5, 5.41) is 8.76. The van der Waals surface area contributed by atoms with Gasteiger partial charge in [0.05, 0.1) is 17.3 Å². The number of nitrogens with zero attached hydrogens (tertiary/aromatic N) is 1. The van der Waals surface area contributed by atoms with Crippen molar-refractivity contribution < 1.29 is 12.8 Å². The minimum absolute atomic E-state index is 0.200. The minimum atomic E-state index is -4.04. The van der Waals surface area contributed by atoms with Gasteiger partial charge in [-0.25, -0.2) is 12.8 Å². The van der Waals surface area contributed by atoms with Crippen molar-refractivity contribution in [2.24, 2.45) is 0 Å². The Morgan fingerprint density at radius 3 is 2.60 bits per heavy atom. The molecule has 0 unspecified atom stereocenters.